The molecule has 0 atom stereocenters. The van der Waals surface area contributed by atoms with Crippen molar-refractivity contribution in [1.29, 1.82) is 0 Å². The average molecular weight is 407 g/mol. The molecule has 0 amide bonds. The summed E-state index contributed by atoms with van der Waals surface area (Å²) >= 11 is 0. The second kappa shape index (κ2) is 10.2. The molecular weight excluding hydrogens is 382 g/mol. The van der Waals surface area contributed by atoms with Gasteiger partial charge in [0.1, 0.15) is 18.1 Å². The van der Waals surface area contributed by atoms with Crippen LogP contribution in [0.5, 0.6) is 23.0 Å². The molecular formula is C24H25NO5. The van der Waals surface area contributed by atoms with Crippen molar-refractivity contribution in [3.63, 3.8) is 0 Å². The molecule has 0 bridgehead atoms. The van der Waals surface area contributed by atoms with Gasteiger partial charge in [0.2, 0.25) is 0 Å². The maximum absolute atomic E-state index is 11.8. The Bertz CT molecular complexity index is 988. The quantitative estimate of drug-likeness (QED) is 0.407. The number of carbonyl (C=O) groups excluding carboxylic acids is 1. The largest absolute Gasteiger partial charge is 0.493 e. The number of rotatable bonds is 9. The number of hydrogen-bond acceptors (Lipinski definition) is 6. The molecule has 3 aromatic carbocycles. The van der Waals surface area contributed by atoms with E-state index in [1.165, 1.54) is 0 Å². The molecule has 0 aliphatic carbocycles. The maximum Gasteiger partial charge on any atom is 0.310 e. The van der Waals surface area contributed by atoms with E-state index in [2.05, 4.69) is 0 Å². The summed E-state index contributed by atoms with van der Waals surface area (Å²) in [6, 6.07) is 20.2. The van der Waals surface area contributed by atoms with E-state index in [-0.39, 0.29) is 19.0 Å². The van der Waals surface area contributed by atoms with Crippen molar-refractivity contribution in [2.24, 2.45) is 0 Å². The summed E-state index contributed by atoms with van der Waals surface area (Å²) in [5.74, 6) is 2.09. The number of nitrogens with two attached hydrogens (primary N) is 1. The lowest BCUT2D eigenvalue weighted by Crippen LogP contribution is -2.07. The topological polar surface area (TPSA) is 80.0 Å². The second-order valence-electron chi connectivity index (χ2n) is 6.54. The van der Waals surface area contributed by atoms with Crippen LogP contribution in [0.3, 0.4) is 0 Å². The van der Waals surface area contributed by atoms with Crippen molar-refractivity contribution >= 4 is 11.7 Å². The van der Waals surface area contributed by atoms with Crippen molar-refractivity contribution in [2.45, 2.75) is 20.0 Å². The standard InChI is InChI=1S/C24H25NO5/c1-3-28-24(26)14-17-9-11-22(27-2)23(13-17)30-21-12-10-19(25)15-18(21)16-29-20-7-5-4-6-8-20/h4-13,15H,3,14,16,25H2,1-2H3. The van der Waals surface area contributed by atoms with Gasteiger partial charge in [-0.15, -0.1) is 0 Å². The van der Waals surface area contributed by atoms with E-state index in [1.807, 2.05) is 42.5 Å². The van der Waals surface area contributed by atoms with E-state index in [4.69, 9.17) is 24.7 Å². The lowest BCUT2D eigenvalue weighted by atomic mass is 10.1. The predicted molar refractivity (Wildman–Crippen MR) is 115 cm³/mol. The zero-order valence-corrected chi connectivity index (χ0v) is 17.1. The number of nitrogen functional groups attached to an aromatic ring is 1. The second-order valence-corrected chi connectivity index (χ2v) is 6.54. The highest BCUT2D eigenvalue weighted by molar-refractivity contribution is 5.73. The first kappa shape index (κ1) is 21.0. The number of hydrogen-bond donors (Lipinski definition) is 1. The van der Waals surface area contributed by atoms with Gasteiger partial charge in [0.05, 0.1) is 20.1 Å². The minimum Gasteiger partial charge on any atom is -0.493 e. The monoisotopic (exact) mass is 407 g/mol. The normalized spacial score (nSPS) is 10.3. The van der Waals surface area contributed by atoms with E-state index in [0.29, 0.717) is 29.5 Å². The summed E-state index contributed by atoms with van der Waals surface area (Å²) < 4.78 is 22.4. The molecule has 6 nitrogen and oxygen atoms in total. The van der Waals surface area contributed by atoms with Crippen molar-refractivity contribution in [3.05, 3.63) is 77.9 Å². The maximum atomic E-state index is 11.8. The lowest BCUT2D eigenvalue weighted by Gasteiger charge is -2.16. The van der Waals surface area contributed by atoms with Crippen molar-refractivity contribution < 1.29 is 23.7 Å². The van der Waals surface area contributed by atoms with Gasteiger partial charge in [-0.2, -0.15) is 0 Å². The number of esters is 1. The Morgan fingerprint density at radius 3 is 2.43 bits per heavy atom. The Kier molecular flexibility index (Phi) is 7.16. The van der Waals surface area contributed by atoms with Crippen molar-refractivity contribution in [2.75, 3.05) is 19.5 Å². The van der Waals surface area contributed by atoms with E-state index < -0.39 is 0 Å². The molecule has 0 radical (unpaired) electrons. The summed E-state index contributed by atoms with van der Waals surface area (Å²) in [5.41, 5.74) is 8.13. The number of methoxy groups -OCH3 is 1. The van der Waals surface area contributed by atoms with E-state index in [9.17, 15) is 4.79 Å². The minimum atomic E-state index is -0.293. The Hall–Kier alpha value is -3.67. The van der Waals surface area contributed by atoms with Crippen LogP contribution in [0.1, 0.15) is 18.1 Å². The first-order valence-electron chi connectivity index (χ1n) is 9.65. The molecule has 0 heterocycles. The molecule has 0 aliphatic rings. The fourth-order valence-electron chi connectivity index (χ4n) is 2.90. The van der Waals surface area contributed by atoms with E-state index >= 15 is 0 Å². The number of anilines is 1. The highest BCUT2D eigenvalue weighted by Crippen LogP contribution is 2.35. The van der Waals surface area contributed by atoms with Gasteiger partial charge in [-0.25, -0.2) is 0 Å². The first-order chi connectivity index (χ1) is 14.6. The van der Waals surface area contributed by atoms with Crippen LogP contribution in [0, 0.1) is 0 Å². The van der Waals surface area contributed by atoms with Crippen LogP contribution in [-0.2, 0) is 22.6 Å². The predicted octanol–water partition coefficient (Wildman–Crippen LogP) is 4.75. The molecule has 0 saturated carbocycles. The fourth-order valence-corrected chi connectivity index (χ4v) is 2.90. The van der Waals surface area contributed by atoms with Crippen LogP contribution in [-0.4, -0.2) is 19.7 Å². The van der Waals surface area contributed by atoms with Crippen LogP contribution in [0.4, 0.5) is 5.69 Å². The molecule has 6 heteroatoms. The van der Waals surface area contributed by atoms with Crippen LogP contribution < -0.4 is 19.9 Å². The van der Waals surface area contributed by atoms with Gasteiger partial charge < -0.3 is 24.7 Å². The zero-order chi connectivity index (χ0) is 21.3. The van der Waals surface area contributed by atoms with E-state index in [1.54, 1.807) is 38.3 Å². The molecule has 3 aromatic rings. The minimum absolute atomic E-state index is 0.153. The molecule has 30 heavy (non-hydrogen) atoms. The molecule has 0 aliphatic heterocycles. The third-order valence-electron chi connectivity index (χ3n) is 4.32. The highest BCUT2D eigenvalue weighted by atomic mass is 16.5. The number of ether oxygens (including phenoxy) is 4. The van der Waals surface area contributed by atoms with Gasteiger partial charge in [0.25, 0.3) is 0 Å². The molecule has 0 saturated heterocycles. The molecule has 2 N–H and O–H groups in total. The summed E-state index contributed by atoms with van der Waals surface area (Å²) in [5, 5.41) is 0. The Balaban J connectivity index is 1.83. The zero-order valence-electron chi connectivity index (χ0n) is 17.1. The Labute approximate surface area is 176 Å². The highest BCUT2D eigenvalue weighted by Gasteiger charge is 2.13. The molecule has 0 aromatic heterocycles. The third-order valence-corrected chi connectivity index (χ3v) is 4.32. The lowest BCUT2D eigenvalue weighted by molar-refractivity contribution is -0.142. The van der Waals surface area contributed by atoms with Crippen LogP contribution in [0.2, 0.25) is 0 Å². The summed E-state index contributed by atoms with van der Waals surface area (Å²) in [7, 11) is 1.57. The third kappa shape index (κ3) is 5.67. The Morgan fingerprint density at radius 1 is 0.933 bits per heavy atom. The molecule has 0 unspecified atom stereocenters. The SMILES string of the molecule is CCOC(=O)Cc1ccc(OC)c(Oc2ccc(N)cc2COc2ccccc2)c1. The average Bonchev–Trinajstić information content (AvgIpc) is 2.75. The van der Waals surface area contributed by atoms with Crippen molar-refractivity contribution in [3.8, 4) is 23.0 Å². The van der Waals surface area contributed by atoms with Gasteiger partial charge >= 0.3 is 5.97 Å². The van der Waals surface area contributed by atoms with Crippen LogP contribution in [0.15, 0.2) is 66.7 Å². The summed E-state index contributed by atoms with van der Waals surface area (Å²) in [6.45, 7) is 2.41. The smallest absolute Gasteiger partial charge is 0.310 e. The van der Waals surface area contributed by atoms with Crippen LogP contribution in [0.25, 0.3) is 0 Å². The molecule has 0 fully saturated rings. The van der Waals surface area contributed by atoms with Crippen LogP contribution >= 0.6 is 0 Å². The molecule has 3 rings (SSSR count). The summed E-state index contributed by atoms with van der Waals surface area (Å²) in [4.78, 5) is 11.8. The number of benzene rings is 3. The van der Waals surface area contributed by atoms with Gasteiger partial charge in [0, 0.05) is 11.3 Å². The Morgan fingerprint density at radius 2 is 1.70 bits per heavy atom. The molecule has 0 spiro atoms. The fraction of sp³-hybridized carbons (Fsp3) is 0.208. The van der Waals surface area contributed by atoms with Gasteiger partial charge in [-0.05, 0) is 55.0 Å². The first-order valence-corrected chi connectivity index (χ1v) is 9.65. The summed E-state index contributed by atoms with van der Waals surface area (Å²) in [6.07, 6.45) is 0.153. The van der Waals surface area contributed by atoms with Gasteiger partial charge in [-0.1, -0.05) is 24.3 Å². The number of carbonyl (C=O) groups is 1. The number of para-hydroxylation sites is 1. The van der Waals surface area contributed by atoms with E-state index in [0.717, 1.165) is 16.9 Å². The van der Waals surface area contributed by atoms with Gasteiger partial charge in [-0.3, -0.25) is 4.79 Å². The molecule has 156 valence electrons. The van der Waals surface area contributed by atoms with Gasteiger partial charge in [0.15, 0.2) is 11.5 Å². The van der Waals surface area contributed by atoms with Crippen molar-refractivity contribution in [1.82, 2.24) is 0 Å².